The van der Waals surface area contributed by atoms with Crippen molar-refractivity contribution in [2.75, 3.05) is 32.7 Å². The van der Waals surface area contributed by atoms with Gasteiger partial charge in [-0.25, -0.2) is 13.8 Å². The molecule has 29 heavy (non-hydrogen) atoms. The quantitative estimate of drug-likeness (QED) is 0.730. The highest BCUT2D eigenvalue weighted by Crippen LogP contribution is 2.14. The van der Waals surface area contributed by atoms with Crippen LogP contribution < -0.4 is 5.32 Å². The highest BCUT2D eigenvalue weighted by molar-refractivity contribution is 5.91. The zero-order valence-corrected chi connectivity index (χ0v) is 17.0. The second-order valence-corrected chi connectivity index (χ2v) is 7.87. The van der Waals surface area contributed by atoms with Gasteiger partial charge >= 0.3 is 0 Å². The summed E-state index contributed by atoms with van der Waals surface area (Å²) in [6, 6.07) is 4.04. The number of nitrogens with one attached hydrogen (secondary N) is 1. The first-order valence-corrected chi connectivity index (χ1v) is 10.0. The number of benzene rings is 1. The zero-order valence-electron chi connectivity index (χ0n) is 17.0. The Morgan fingerprint density at radius 3 is 2.48 bits per heavy atom. The maximum absolute atomic E-state index is 13.4. The lowest BCUT2D eigenvalue weighted by atomic mass is 10.1. The minimum atomic E-state index is -0.822. The van der Waals surface area contributed by atoms with Crippen molar-refractivity contribution in [1.29, 1.82) is 0 Å². The van der Waals surface area contributed by atoms with E-state index in [9.17, 15) is 13.6 Å². The van der Waals surface area contributed by atoms with Gasteiger partial charge in [0.2, 0.25) is 5.89 Å². The second-order valence-electron chi connectivity index (χ2n) is 7.87. The molecule has 3 rings (SSSR count). The summed E-state index contributed by atoms with van der Waals surface area (Å²) in [5, 5.41) is 2.85. The molecule has 0 aliphatic carbocycles. The van der Waals surface area contributed by atoms with Gasteiger partial charge in [-0.1, -0.05) is 19.9 Å². The van der Waals surface area contributed by atoms with Gasteiger partial charge in [-0.15, -0.1) is 0 Å². The van der Waals surface area contributed by atoms with Crippen molar-refractivity contribution in [1.82, 2.24) is 20.1 Å². The van der Waals surface area contributed by atoms with Gasteiger partial charge in [0.15, 0.2) is 17.3 Å². The Kier molecular flexibility index (Phi) is 7.33. The lowest BCUT2D eigenvalue weighted by Gasteiger charge is -2.34. The van der Waals surface area contributed by atoms with E-state index in [1.165, 1.54) is 18.4 Å². The van der Waals surface area contributed by atoms with E-state index in [1.54, 1.807) is 6.07 Å². The Morgan fingerprint density at radius 1 is 1.14 bits per heavy atom. The van der Waals surface area contributed by atoms with Gasteiger partial charge in [0.1, 0.15) is 6.26 Å². The summed E-state index contributed by atoms with van der Waals surface area (Å²) in [5.41, 5.74) is 1.07. The third-order valence-corrected chi connectivity index (χ3v) is 5.01. The molecule has 1 aliphatic heterocycles. The van der Waals surface area contributed by atoms with E-state index in [0.29, 0.717) is 37.1 Å². The molecular formula is C21H28F2N4O2. The Morgan fingerprint density at radius 2 is 1.83 bits per heavy atom. The van der Waals surface area contributed by atoms with Crippen molar-refractivity contribution in [2.24, 2.45) is 5.92 Å². The van der Waals surface area contributed by atoms with Gasteiger partial charge in [0.05, 0.1) is 6.54 Å². The summed E-state index contributed by atoms with van der Waals surface area (Å²) in [6.07, 6.45) is 2.32. The van der Waals surface area contributed by atoms with Gasteiger partial charge in [0.25, 0.3) is 5.91 Å². The molecule has 1 aliphatic rings. The molecule has 0 unspecified atom stereocenters. The van der Waals surface area contributed by atoms with Crippen molar-refractivity contribution in [3.05, 3.63) is 53.2 Å². The molecule has 2 aromatic rings. The number of piperazine rings is 1. The second kappa shape index (κ2) is 9.93. The molecule has 1 N–H and O–H groups in total. The van der Waals surface area contributed by atoms with Crippen LogP contribution in [0.2, 0.25) is 0 Å². The molecule has 1 fully saturated rings. The van der Waals surface area contributed by atoms with Gasteiger partial charge in [-0.05, 0) is 30.0 Å². The lowest BCUT2D eigenvalue weighted by molar-refractivity contribution is 0.0946. The molecule has 1 aromatic heterocycles. The number of amides is 1. The summed E-state index contributed by atoms with van der Waals surface area (Å²) >= 11 is 0. The zero-order chi connectivity index (χ0) is 20.8. The standard InChI is InChI=1S/C21H28F2N4O2/c1-15(2)5-6-24-21(28)19-14-29-20(25-19)13-27-9-7-26(8-10-27)12-16-3-4-17(22)18(23)11-16/h3-4,11,14-15H,5-10,12-13H2,1-2H3,(H,24,28). The summed E-state index contributed by atoms with van der Waals surface area (Å²) in [7, 11) is 0. The molecule has 0 saturated carbocycles. The van der Waals surface area contributed by atoms with E-state index in [-0.39, 0.29) is 5.91 Å². The third kappa shape index (κ3) is 6.33. The van der Waals surface area contributed by atoms with E-state index in [1.807, 2.05) is 0 Å². The van der Waals surface area contributed by atoms with Crippen LogP contribution in [-0.2, 0) is 13.1 Å². The molecule has 1 aromatic carbocycles. The van der Waals surface area contributed by atoms with Crippen LogP contribution in [-0.4, -0.2) is 53.4 Å². The molecule has 158 valence electrons. The third-order valence-electron chi connectivity index (χ3n) is 5.01. The Hall–Kier alpha value is -2.32. The maximum Gasteiger partial charge on any atom is 0.273 e. The predicted octanol–water partition coefficient (Wildman–Crippen LogP) is 3.05. The smallest absolute Gasteiger partial charge is 0.273 e. The van der Waals surface area contributed by atoms with Crippen LogP contribution in [0.5, 0.6) is 0 Å². The molecular weight excluding hydrogens is 378 g/mol. The largest absolute Gasteiger partial charge is 0.447 e. The number of carbonyl (C=O) groups excluding carboxylic acids is 1. The lowest BCUT2D eigenvalue weighted by Crippen LogP contribution is -2.45. The molecule has 6 nitrogen and oxygen atoms in total. The first kappa shape index (κ1) is 21.4. The summed E-state index contributed by atoms with van der Waals surface area (Å²) < 4.78 is 31.9. The fraction of sp³-hybridized carbons (Fsp3) is 0.524. The van der Waals surface area contributed by atoms with E-state index in [4.69, 9.17) is 4.42 Å². The SMILES string of the molecule is CC(C)CCNC(=O)c1coc(CN2CCN(Cc3ccc(F)c(F)c3)CC2)n1. The van der Waals surface area contributed by atoms with Crippen molar-refractivity contribution >= 4 is 5.91 Å². The molecule has 0 atom stereocenters. The number of aromatic nitrogens is 1. The summed E-state index contributed by atoms with van der Waals surface area (Å²) in [5.74, 6) is -0.791. The monoisotopic (exact) mass is 406 g/mol. The Bertz CT molecular complexity index is 817. The predicted molar refractivity (Wildman–Crippen MR) is 105 cm³/mol. The molecule has 2 heterocycles. The minimum Gasteiger partial charge on any atom is -0.447 e. The van der Waals surface area contributed by atoms with Gasteiger partial charge < -0.3 is 9.73 Å². The van der Waals surface area contributed by atoms with E-state index in [0.717, 1.165) is 38.2 Å². The maximum atomic E-state index is 13.4. The van der Waals surface area contributed by atoms with Gasteiger partial charge in [-0.3, -0.25) is 14.6 Å². The van der Waals surface area contributed by atoms with Gasteiger partial charge in [-0.2, -0.15) is 0 Å². The molecule has 1 amide bonds. The summed E-state index contributed by atoms with van der Waals surface area (Å²) in [6.45, 7) is 9.20. The highest BCUT2D eigenvalue weighted by Gasteiger charge is 2.20. The number of carbonyl (C=O) groups is 1. The summed E-state index contributed by atoms with van der Waals surface area (Å²) in [4.78, 5) is 20.8. The topological polar surface area (TPSA) is 61.6 Å². The number of oxazole rings is 1. The fourth-order valence-electron chi connectivity index (χ4n) is 3.25. The van der Waals surface area contributed by atoms with Crippen molar-refractivity contribution in [3.63, 3.8) is 0 Å². The number of hydrogen-bond donors (Lipinski definition) is 1. The van der Waals surface area contributed by atoms with Crippen LogP contribution >= 0.6 is 0 Å². The molecule has 0 bridgehead atoms. The Balaban J connectivity index is 1.43. The fourth-order valence-corrected chi connectivity index (χ4v) is 3.25. The molecule has 0 spiro atoms. The van der Waals surface area contributed by atoms with Crippen LogP contribution in [0.3, 0.4) is 0 Å². The molecule has 1 saturated heterocycles. The molecule has 0 radical (unpaired) electrons. The van der Waals surface area contributed by atoms with Crippen LogP contribution in [0, 0.1) is 17.6 Å². The highest BCUT2D eigenvalue weighted by atomic mass is 19.2. The van der Waals surface area contributed by atoms with Crippen LogP contribution in [0.25, 0.3) is 0 Å². The van der Waals surface area contributed by atoms with Crippen molar-refractivity contribution < 1.29 is 18.0 Å². The first-order chi connectivity index (χ1) is 13.9. The van der Waals surface area contributed by atoms with Crippen molar-refractivity contribution in [2.45, 2.75) is 33.4 Å². The normalized spacial score (nSPS) is 15.8. The van der Waals surface area contributed by atoms with Gasteiger partial charge in [0, 0.05) is 39.3 Å². The number of halogens is 2. The van der Waals surface area contributed by atoms with E-state index >= 15 is 0 Å². The average molecular weight is 406 g/mol. The van der Waals surface area contributed by atoms with Crippen LogP contribution in [0.4, 0.5) is 8.78 Å². The molecule has 8 heteroatoms. The minimum absolute atomic E-state index is 0.211. The van der Waals surface area contributed by atoms with E-state index in [2.05, 4.69) is 33.9 Å². The first-order valence-electron chi connectivity index (χ1n) is 10.0. The van der Waals surface area contributed by atoms with Crippen LogP contribution in [0.15, 0.2) is 28.9 Å². The van der Waals surface area contributed by atoms with E-state index < -0.39 is 11.6 Å². The van der Waals surface area contributed by atoms with Crippen molar-refractivity contribution in [3.8, 4) is 0 Å². The number of nitrogens with zero attached hydrogens (tertiary/aromatic N) is 3. The number of rotatable bonds is 8. The van der Waals surface area contributed by atoms with Crippen LogP contribution in [0.1, 0.15) is 42.2 Å². The number of hydrogen-bond acceptors (Lipinski definition) is 5. The average Bonchev–Trinajstić information content (AvgIpc) is 3.14. The Labute approximate surface area is 169 Å².